The number of hydrogen-bond donors (Lipinski definition) is 1. The molecule has 0 bridgehead atoms. The van der Waals surface area contributed by atoms with Crippen molar-refractivity contribution in [1.29, 1.82) is 0 Å². The second-order valence-corrected chi connectivity index (χ2v) is 4.36. The van der Waals surface area contributed by atoms with Crippen LogP contribution < -0.4 is 4.72 Å². The molecule has 1 heterocycles. The molecule has 1 aliphatic heterocycles. The molecule has 1 aromatic rings. The maximum absolute atomic E-state index is 11.1. The predicted octanol–water partition coefficient (Wildman–Crippen LogP) is 1.84. The summed E-state index contributed by atoms with van der Waals surface area (Å²) >= 11 is 5.81. The van der Waals surface area contributed by atoms with E-state index in [9.17, 15) is 14.3 Å². The van der Waals surface area contributed by atoms with Gasteiger partial charge < -0.3 is 0 Å². The average Bonchev–Trinajstić information content (AvgIpc) is 2.47. The first kappa shape index (κ1) is 9.42. The largest absolute Gasteiger partial charge is 0.298 e. The maximum atomic E-state index is 11.1. The van der Waals surface area contributed by atoms with Gasteiger partial charge in [-0.05, 0) is 6.07 Å². The summed E-state index contributed by atoms with van der Waals surface area (Å²) in [5.74, 6) is 0.218. The molecule has 0 saturated carbocycles. The van der Waals surface area contributed by atoms with E-state index in [0.29, 0.717) is 10.6 Å². The number of halogens is 1. The Hall–Kier alpha value is -1.14. The van der Waals surface area contributed by atoms with E-state index in [4.69, 9.17) is 11.6 Å². The van der Waals surface area contributed by atoms with Crippen molar-refractivity contribution >= 4 is 34.0 Å². The first-order chi connectivity index (χ1) is 6.59. The summed E-state index contributed by atoms with van der Waals surface area (Å²) < 4.78 is 13.7. The lowest BCUT2D eigenvalue weighted by molar-refractivity contribution is -0.383. The van der Waals surface area contributed by atoms with Gasteiger partial charge in [0.05, 0.1) is 10.7 Å². The van der Waals surface area contributed by atoms with Gasteiger partial charge in [-0.1, -0.05) is 11.6 Å². The fourth-order valence-corrected chi connectivity index (χ4v) is 2.69. The third kappa shape index (κ3) is 1.36. The Balaban J connectivity index is 2.64. The zero-order chi connectivity index (χ0) is 10.3. The summed E-state index contributed by atoms with van der Waals surface area (Å²) in [6.07, 6.45) is 0. The van der Waals surface area contributed by atoms with Gasteiger partial charge in [-0.2, -0.15) is 0 Å². The Kier molecular flexibility index (Phi) is 2.16. The van der Waals surface area contributed by atoms with Crippen molar-refractivity contribution in [3.05, 3.63) is 32.8 Å². The molecule has 0 aliphatic carbocycles. The summed E-state index contributed by atoms with van der Waals surface area (Å²) in [6, 6.07) is 2.75. The lowest BCUT2D eigenvalue weighted by atomic mass is 10.2. The molecule has 74 valence electrons. The van der Waals surface area contributed by atoms with Gasteiger partial charge in [0.25, 0.3) is 5.69 Å². The number of nitro groups is 1. The molecule has 0 aromatic heterocycles. The van der Waals surface area contributed by atoms with Gasteiger partial charge in [0.15, 0.2) is 0 Å². The highest BCUT2D eigenvalue weighted by Crippen LogP contribution is 2.38. The second-order valence-electron chi connectivity index (χ2n) is 2.77. The number of benzene rings is 1. The fourth-order valence-electron chi connectivity index (χ4n) is 1.30. The molecule has 5 nitrogen and oxygen atoms in total. The monoisotopic (exact) mass is 232 g/mol. The van der Waals surface area contributed by atoms with Gasteiger partial charge in [0, 0.05) is 16.7 Å². The number of anilines is 1. The summed E-state index contributed by atoms with van der Waals surface area (Å²) in [4.78, 5) is 10.1. The molecule has 0 spiro atoms. The highest BCUT2D eigenvalue weighted by Gasteiger charge is 2.27. The lowest BCUT2D eigenvalue weighted by Crippen LogP contribution is -1.98. The Morgan fingerprint density at radius 2 is 2.29 bits per heavy atom. The molecule has 1 aliphatic rings. The Morgan fingerprint density at radius 3 is 2.93 bits per heavy atom. The molecule has 1 atom stereocenters. The first-order valence-electron chi connectivity index (χ1n) is 3.70. The molecule has 7 heteroatoms. The van der Waals surface area contributed by atoms with Crippen LogP contribution in [0.2, 0.25) is 5.02 Å². The van der Waals surface area contributed by atoms with Gasteiger partial charge in [-0.25, -0.2) is 4.21 Å². The normalized spacial score (nSPS) is 18.8. The van der Waals surface area contributed by atoms with Gasteiger partial charge >= 0.3 is 0 Å². The van der Waals surface area contributed by atoms with Crippen molar-refractivity contribution in [2.45, 2.75) is 5.75 Å². The van der Waals surface area contributed by atoms with Gasteiger partial charge in [-0.15, -0.1) is 0 Å². The molecule has 1 aromatic carbocycles. The van der Waals surface area contributed by atoms with Gasteiger partial charge in [-0.3, -0.25) is 14.8 Å². The fraction of sp³-hybridized carbons (Fsp3) is 0.143. The number of fused-ring (bicyclic) bond motifs is 1. The van der Waals surface area contributed by atoms with Gasteiger partial charge in [0.1, 0.15) is 16.7 Å². The molecule has 14 heavy (non-hydrogen) atoms. The number of nitro benzene ring substituents is 1. The van der Waals surface area contributed by atoms with E-state index in [1.807, 2.05) is 0 Å². The Bertz CT molecular complexity index is 449. The van der Waals surface area contributed by atoms with Crippen LogP contribution in [0.15, 0.2) is 12.1 Å². The minimum atomic E-state index is -1.30. The third-order valence-corrected chi connectivity index (χ3v) is 3.26. The van der Waals surface area contributed by atoms with Crippen molar-refractivity contribution in [3.8, 4) is 0 Å². The molecule has 0 radical (unpaired) electrons. The van der Waals surface area contributed by atoms with Crippen molar-refractivity contribution in [2.75, 3.05) is 4.72 Å². The van der Waals surface area contributed by atoms with Crippen molar-refractivity contribution < 1.29 is 9.13 Å². The molecule has 2 rings (SSSR count). The Labute approximate surface area is 86.8 Å². The molecular weight excluding hydrogens is 228 g/mol. The highest BCUT2D eigenvalue weighted by molar-refractivity contribution is 7.86. The van der Waals surface area contributed by atoms with Crippen LogP contribution in [0.4, 0.5) is 11.4 Å². The zero-order valence-electron chi connectivity index (χ0n) is 6.82. The molecular formula is C7H5ClN2O3S. The molecule has 0 fully saturated rings. The smallest absolute Gasteiger partial charge is 0.293 e. The van der Waals surface area contributed by atoms with E-state index in [-0.39, 0.29) is 17.1 Å². The van der Waals surface area contributed by atoms with Crippen molar-refractivity contribution in [1.82, 2.24) is 0 Å². The third-order valence-electron chi connectivity index (χ3n) is 1.92. The molecule has 0 amide bonds. The average molecular weight is 233 g/mol. The first-order valence-corrected chi connectivity index (χ1v) is 5.40. The van der Waals surface area contributed by atoms with Crippen LogP contribution in [-0.4, -0.2) is 9.13 Å². The van der Waals surface area contributed by atoms with E-state index < -0.39 is 15.9 Å². The van der Waals surface area contributed by atoms with Crippen LogP contribution in [0.1, 0.15) is 5.56 Å². The van der Waals surface area contributed by atoms with Crippen LogP contribution in [0.3, 0.4) is 0 Å². The highest BCUT2D eigenvalue weighted by atomic mass is 35.5. The van der Waals surface area contributed by atoms with E-state index in [0.717, 1.165) is 0 Å². The van der Waals surface area contributed by atoms with Crippen LogP contribution in [-0.2, 0) is 16.7 Å². The Morgan fingerprint density at radius 1 is 1.57 bits per heavy atom. The van der Waals surface area contributed by atoms with Crippen molar-refractivity contribution in [2.24, 2.45) is 0 Å². The van der Waals surface area contributed by atoms with E-state index in [1.54, 1.807) is 0 Å². The number of hydrogen-bond acceptors (Lipinski definition) is 3. The summed E-state index contributed by atoms with van der Waals surface area (Å²) in [7, 11) is -1.30. The maximum Gasteiger partial charge on any atom is 0.293 e. The standard InChI is InChI=1S/C7H5ClN2O3S/c8-5-1-2-6(10(11)12)7-4(5)3-14(13)9-7/h1-2,9H,3H2. The zero-order valence-corrected chi connectivity index (χ0v) is 8.39. The SMILES string of the molecule is O=[N+]([O-])c1ccc(Cl)c2c1NS(=O)C2. The number of rotatable bonds is 1. The van der Waals surface area contributed by atoms with Crippen molar-refractivity contribution in [3.63, 3.8) is 0 Å². The lowest BCUT2D eigenvalue weighted by Gasteiger charge is -2.00. The number of nitrogens with zero attached hydrogens (tertiary/aromatic N) is 1. The van der Waals surface area contributed by atoms with Crippen LogP contribution in [0.25, 0.3) is 0 Å². The molecule has 0 saturated heterocycles. The van der Waals surface area contributed by atoms with Gasteiger partial charge in [0.2, 0.25) is 0 Å². The predicted molar refractivity (Wildman–Crippen MR) is 53.6 cm³/mol. The quantitative estimate of drug-likeness (QED) is 0.593. The van der Waals surface area contributed by atoms with E-state index in [2.05, 4.69) is 4.72 Å². The topological polar surface area (TPSA) is 72.2 Å². The molecule has 1 unspecified atom stereocenters. The summed E-state index contributed by atoms with van der Waals surface area (Å²) in [5, 5.41) is 11.0. The summed E-state index contributed by atoms with van der Waals surface area (Å²) in [6.45, 7) is 0. The number of nitrogens with one attached hydrogen (secondary N) is 1. The minimum Gasteiger partial charge on any atom is -0.298 e. The second kappa shape index (κ2) is 3.21. The van der Waals surface area contributed by atoms with Crippen LogP contribution in [0.5, 0.6) is 0 Å². The minimum absolute atomic E-state index is 0.0877. The molecule has 1 N–H and O–H groups in total. The van der Waals surface area contributed by atoms with Crippen LogP contribution in [0, 0.1) is 10.1 Å². The van der Waals surface area contributed by atoms with Crippen LogP contribution >= 0.6 is 11.6 Å². The van der Waals surface area contributed by atoms with E-state index >= 15 is 0 Å². The summed E-state index contributed by atoms with van der Waals surface area (Å²) in [5.41, 5.74) is 0.746. The van der Waals surface area contributed by atoms with E-state index in [1.165, 1.54) is 12.1 Å².